The Morgan fingerprint density at radius 2 is 1.85 bits per heavy atom. The molecule has 1 aromatic heterocycles. The van der Waals surface area contributed by atoms with E-state index in [1.54, 1.807) is 15.6 Å². The predicted molar refractivity (Wildman–Crippen MR) is 103 cm³/mol. The van der Waals surface area contributed by atoms with Crippen LogP contribution in [-0.4, -0.2) is 27.6 Å². The third-order valence-electron chi connectivity index (χ3n) is 4.83. The number of para-hydroxylation sites is 1. The van der Waals surface area contributed by atoms with E-state index in [2.05, 4.69) is 29.4 Å². The van der Waals surface area contributed by atoms with E-state index in [-0.39, 0.29) is 17.4 Å². The molecule has 26 heavy (non-hydrogen) atoms. The Labute approximate surface area is 152 Å². The number of aryl methyl sites for hydroxylation is 2. The molecule has 0 aliphatic carbocycles. The van der Waals surface area contributed by atoms with Crippen molar-refractivity contribution in [2.24, 2.45) is 0 Å². The van der Waals surface area contributed by atoms with Gasteiger partial charge in [-0.05, 0) is 31.5 Å². The molecule has 0 saturated heterocycles. The van der Waals surface area contributed by atoms with Crippen molar-refractivity contribution >= 4 is 16.8 Å². The summed E-state index contributed by atoms with van der Waals surface area (Å²) in [5, 5.41) is 4.81. The minimum atomic E-state index is -0.103. The van der Waals surface area contributed by atoms with Gasteiger partial charge in [0.2, 0.25) is 11.3 Å². The summed E-state index contributed by atoms with van der Waals surface area (Å²) in [7, 11) is 1.82. The van der Waals surface area contributed by atoms with Gasteiger partial charge in [0, 0.05) is 18.9 Å². The van der Waals surface area contributed by atoms with Gasteiger partial charge in [0.15, 0.2) is 0 Å². The second-order valence-corrected chi connectivity index (χ2v) is 6.59. The number of hydrogen-bond donors (Lipinski definition) is 0. The largest absolute Gasteiger partial charge is 0.339 e. The number of carbonyl (C=O) groups is 1. The van der Waals surface area contributed by atoms with Crippen molar-refractivity contribution in [1.82, 2.24) is 14.7 Å². The molecule has 0 spiro atoms. The van der Waals surface area contributed by atoms with Gasteiger partial charge in [-0.1, -0.05) is 42.0 Å². The monoisotopic (exact) mass is 349 g/mol. The zero-order chi connectivity index (χ0) is 18.7. The maximum atomic E-state index is 12.6. The highest BCUT2D eigenvalue weighted by Gasteiger charge is 2.17. The average Bonchev–Trinajstić information content (AvgIpc) is 2.67. The molecule has 0 saturated carbocycles. The molecule has 1 unspecified atom stereocenters. The van der Waals surface area contributed by atoms with Crippen molar-refractivity contribution in [2.45, 2.75) is 32.9 Å². The van der Waals surface area contributed by atoms with Crippen LogP contribution in [0.15, 0.2) is 59.5 Å². The molecule has 3 aromatic rings. The summed E-state index contributed by atoms with van der Waals surface area (Å²) in [6.45, 7) is 4.51. The second kappa shape index (κ2) is 7.52. The number of amides is 1. The van der Waals surface area contributed by atoms with E-state index >= 15 is 0 Å². The van der Waals surface area contributed by atoms with E-state index < -0.39 is 0 Å². The number of benzene rings is 2. The molecule has 1 heterocycles. The Bertz CT molecular complexity index is 976. The molecular formula is C21H23N3O2. The first-order valence-electron chi connectivity index (χ1n) is 8.74. The van der Waals surface area contributed by atoms with Crippen LogP contribution in [0.25, 0.3) is 10.9 Å². The van der Waals surface area contributed by atoms with Gasteiger partial charge in [-0.25, -0.2) is 0 Å². The van der Waals surface area contributed by atoms with Crippen molar-refractivity contribution < 1.29 is 4.79 Å². The van der Waals surface area contributed by atoms with Crippen LogP contribution in [0.1, 0.15) is 30.5 Å². The fourth-order valence-electron chi connectivity index (χ4n) is 3.00. The molecular weight excluding hydrogens is 326 g/mol. The van der Waals surface area contributed by atoms with E-state index in [9.17, 15) is 9.59 Å². The summed E-state index contributed by atoms with van der Waals surface area (Å²) in [4.78, 5) is 26.3. The van der Waals surface area contributed by atoms with Crippen LogP contribution in [0.5, 0.6) is 0 Å². The van der Waals surface area contributed by atoms with Crippen molar-refractivity contribution in [1.29, 1.82) is 0 Å². The first-order valence-corrected chi connectivity index (χ1v) is 8.74. The Morgan fingerprint density at radius 3 is 2.58 bits per heavy atom. The molecule has 0 aliphatic rings. The number of hydrogen-bond acceptors (Lipinski definition) is 3. The lowest BCUT2D eigenvalue weighted by Gasteiger charge is -2.25. The predicted octanol–water partition coefficient (Wildman–Crippen LogP) is 3.31. The molecule has 0 bridgehead atoms. The fraction of sp³-hybridized carbons (Fsp3) is 0.286. The Balaban J connectivity index is 1.71. The van der Waals surface area contributed by atoms with E-state index in [0.717, 1.165) is 11.1 Å². The van der Waals surface area contributed by atoms with Crippen molar-refractivity contribution in [2.75, 3.05) is 7.05 Å². The van der Waals surface area contributed by atoms with Crippen LogP contribution in [0.2, 0.25) is 0 Å². The topological polar surface area (TPSA) is 55.2 Å². The number of rotatable bonds is 5. The van der Waals surface area contributed by atoms with Gasteiger partial charge in [-0.15, -0.1) is 0 Å². The van der Waals surface area contributed by atoms with Crippen molar-refractivity contribution in [3.63, 3.8) is 0 Å². The molecule has 134 valence electrons. The molecule has 5 nitrogen and oxygen atoms in total. The number of carbonyl (C=O) groups excluding carboxylic acids is 1. The first kappa shape index (κ1) is 17.9. The number of fused-ring (bicyclic) bond motifs is 1. The van der Waals surface area contributed by atoms with Gasteiger partial charge in [0.1, 0.15) is 0 Å². The molecule has 0 radical (unpaired) electrons. The van der Waals surface area contributed by atoms with Crippen molar-refractivity contribution in [3.05, 3.63) is 76.1 Å². The molecule has 0 aliphatic heterocycles. The maximum absolute atomic E-state index is 12.6. The van der Waals surface area contributed by atoms with Crippen LogP contribution in [-0.2, 0) is 11.3 Å². The summed E-state index contributed by atoms with van der Waals surface area (Å²) >= 11 is 0. The van der Waals surface area contributed by atoms with Crippen LogP contribution in [0, 0.1) is 6.92 Å². The third kappa shape index (κ3) is 3.67. The molecule has 0 N–H and O–H groups in total. The molecule has 2 aromatic carbocycles. The highest BCUT2D eigenvalue weighted by Crippen LogP contribution is 2.20. The van der Waals surface area contributed by atoms with E-state index in [1.807, 2.05) is 39.1 Å². The lowest BCUT2D eigenvalue weighted by molar-refractivity contribution is -0.132. The Morgan fingerprint density at radius 1 is 1.15 bits per heavy atom. The molecule has 1 amide bonds. The smallest absolute Gasteiger partial charge is 0.224 e. The van der Waals surface area contributed by atoms with Crippen LogP contribution in [0.4, 0.5) is 0 Å². The third-order valence-corrected chi connectivity index (χ3v) is 4.83. The molecule has 0 fully saturated rings. The van der Waals surface area contributed by atoms with Gasteiger partial charge in [0.05, 0.1) is 24.3 Å². The summed E-state index contributed by atoms with van der Waals surface area (Å²) in [6.07, 6.45) is 1.64. The average molecular weight is 349 g/mol. The Hall–Kier alpha value is -2.95. The van der Waals surface area contributed by atoms with Gasteiger partial charge in [-0.2, -0.15) is 5.10 Å². The normalized spacial score (nSPS) is 12.1. The molecule has 1 atom stereocenters. The summed E-state index contributed by atoms with van der Waals surface area (Å²) in [5.74, 6) is 0.0441. The van der Waals surface area contributed by atoms with Gasteiger partial charge < -0.3 is 4.90 Å². The quantitative estimate of drug-likeness (QED) is 0.710. The summed E-state index contributed by atoms with van der Waals surface area (Å²) < 4.78 is 1.72. The van der Waals surface area contributed by atoms with E-state index in [4.69, 9.17) is 0 Å². The Kier molecular flexibility index (Phi) is 5.16. The van der Waals surface area contributed by atoms with Gasteiger partial charge in [-0.3, -0.25) is 14.3 Å². The SMILES string of the molecule is Cc1ccc(C(C)N(C)C(=O)CCn2ncc(=O)c3ccccc32)cc1. The summed E-state index contributed by atoms with van der Waals surface area (Å²) in [6, 6.07) is 15.6. The molecule has 5 heteroatoms. The van der Waals surface area contributed by atoms with Crippen LogP contribution >= 0.6 is 0 Å². The van der Waals surface area contributed by atoms with Gasteiger partial charge in [0.25, 0.3) is 0 Å². The van der Waals surface area contributed by atoms with Crippen molar-refractivity contribution in [3.8, 4) is 0 Å². The van der Waals surface area contributed by atoms with E-state index in [1.165, 1.54) is 11.8 Å². The second-order valence-electron chi connectivity index (χ2n) is 6.59. The minimum Gasteiger partial charge on any atom is -0.339 e. The maximum Gasteiger partial charge on any atom is 0.224 e. The van der Waals surface area contributed by atoms with E-state index in [0.29, 0.717) is 18.4 Å². The fourth-order valence-corrected chi connectivity index (χ4v) is 3.00. The summed E-state index contributed by atoms with van der Waals surface area (Å²) in [5.41, 5.74) is 2.96. The molecule has 3 rings (SSSR count). The number of nitrogens with zero attached hydrogens (tertiary/aromatic N) is 3. The zero-order valence-electron chi connectivity index (χ0n) is 15.3. The van der Waals surface area contributed by atoms with Crippen LogP contribution in [0.3, 0.4) is 0 Å². The zero-order valence-corrected chi connectivity index (χ0v) is 15.3. The van der Waals surface area contributed by atoms with Crippen LogP contribution < -0.4 is 5.43 Å². The first-order chi connectivity index (χ1) is 12.5. The standard InChI is InChI=1S/C21H23N3O2/c1-15-8-10-17(11-9-15)16(2)23(3)21(26)12-13-24-19-7-5-4-6-18(19)20(25)14-22-24/h4-11,14,16H,12-13H2,1-3H3. The highest BCUT2D eigenvalue weighted by atomic mass is 16.2. The lowest BCUT2D eigenvalue weighted by atomic mass is 10.1. The number of aromatic nitrogens is 2. The lowest BCUT2D eigenvalue weighted by Crippen LogP contribution is -2.30. The highest BCUT2D eigenvalue weighted by molar-refractivity contribution is 5.79. The minimum absolute atomic E-state index is 0.00169. The van der Waals surface area contributed by atoms with Gasteiger partial charge >= 0.3 is 0 Å².